The van der Waals surface area contributed by atoms with Crippen LogP contribution in [0.1, 0.15) is 18.9 Å². The summed E-state index contributed by atoms with van der Waals surface area (Å²) in [6, 6.07) is 4.91. The van der Waals surface area contributed by atoms with Gasteiger partial charge in [0.05, 0.1) is 12.0 Å². The number of ether oxygens (including phenoxy) is 1. The Balaban J connectivity index is 3.40. The van der Waals surface area contributed by atoms with Crippen molar-refractivity contribution in [3.8, 4) is 0 Å². The molecule has 0 radical (unpaired) electrons. The normalized spacial score (nSPS) is 16.8. The first-order valence-corrected chi connectivity index (χ1v) is 8.24. The first-order chi connectivity index (χ1) is 12.3. The summed E-state index contributed by atoms with van der Waals surface area (Å²) in [6.07, 6.45) is -9.48. The van der Waals surface area contributed by atoms with E-state index in [-0.39, 0.29) is 5.56 Å². The van der Waals surface area contributed by atoms with Gasteiger partial charge in [-0.05, 0) is 47.2 Å². The molecule has 1 aromatic carbocycles. The molecule has 1 atom stereocenters. The molecule has 1 rings (SSSR count). The van der Waals surface area contributed by atoms with Crippen LogP contribution in [0, 0.1) is 3.57 Å². The van der Waals surface area contributed by atoms with Gasteiger partial charge in [0, 0.05) is 10.7 Å². The first kappa shape index (κ1) is 25.2. The lowest BCUT2D eigenvalue weighted by atomic mass is 9.85. The summed E-state index contributed by atoms with van der Waals surface area (Å²) in [5.74, 6) is -27.9. The van der Waals surface area contributed by atoms with Crippen LogP contribution in [0.5, 0.6) is 0 Å². The second kappa shape index (κ2) is 7.43. The van der Waals surface area contributed by atoms with E-state index in [2.05, 4.69) is 4.74 Å². The van der Waals surface area contributed by atoms with Gasteiger partial charge in [-0.15, -0.1) is 0 Å². The van der Waals surface area contributed by atoms with Gasteiger partial charge in [0.25, 0.3) is 0 Å². The Kier molecular flexibility index (Phi) is 6.68. The van der Waals surface area contributed by atoms with Crippen LogP contribution in [0.15, 0.2) is 24.3 Å². The fourth-order valence-corrected chi connectivity index (χ4v) is 2.59. The predicted molar refractivity (Wildman–Crippen MR) is 84.0 cm³/mol. The number of hydrogen-bond donors (Lipinski definition) is 0. The predicted octanol–water partition coefficient (Wildman–Crippen LogP) is 6.65. The van der Waals surface area contributed by atoms with Gasteiger partial charge in [0.2, 0.25) is 0 Å². The van der Waals surface area contributed by atoms with Crippen molar-refractivity contribution < 1.29 is 53.0 Å². The van der Waals surface area contributed by atoms with Gasteiger partial charge in [0.1, 0.15) is 0 Å². The summed E-state index contributed by atoms with van der Waals surface area (Å²) in [5, 5.41) is 0. The van der Waals surface area contributed by atoms with Crippen LogP contribution in [-0.2, 0) is 10.3 Å². The molecule has 0 bridgehead atoms. The summed E-state index contributed by atoms with van der Waals surface area (Å²) < 4.78 is 150. The molecule has 0 aliphatic carbocycles. The highest BCUT2D eigenvalue weighted by atomic mass is 127. The molecule has 0 aliphatic heterocycles. The van der Waals surface area contributed by atoms with Crippen molar-refractivity contribution in [3.05, 3.63) is 33.4 Å². The van der Waals surface area contributed by atoms with E-state index in [0.29, 0.717) is 3.57 Å². The minimum Gasteiger partial charge on any atom is -0.374 e. The molecular weight excluding hydrogens is 532 g/mol. The zero-order chi connectivity index (χ0) is 22.4. The Bertz CT molecular complexity index is 684. The van der Waals surface area contributed by atoms with Crippen LogP contribution in [0.3, 0.4) is 0 Å². The van der Waals surface area contributed by atoms with E-state index in [1.807, 2.05) is 0 Å². The van der Waals surface area contributed by atoms with Crippen molar-refractivity contribution in [1.82, 2.24) is 0 Å². The zero-order valence-electron chi connectivity index (χ0n) is 14.0. The maximum atomic E-state index is 14.1. The van der Waals surface area contributed by atoms with Crippen LogP contribution >= 0.6 is 22.6 Å². The number of alkyl halides is 11. The minimum absolute atomic E-state index is 0.211. The molecule has 0 aliphatic rings. The lowest BCUT2D eigenvalue weighted by molar-refractivity contribution is -0.424. The van der Waals surface area contributed by atoms with E-state index in [0.717, 1.165) is 26.2 Å². The summed E-state index contributed by atoms with van der Waals surface area (Å²) in [6.45, 7) is 0.777. The van der Waals surface area contributed by atoms with E-state index in [1.165, 1.54) is 12.1 Å². The molecule has 162 valence electrons. The lowest BCUT2D eigenvalue weighted by Crippen LogP contribution is -2.67. The zero-order valence-corrected chi connectivity index (χ0v) is 16.1. The Morgan fingerprint density at radius 2 is 1.18 bits per heavy atom. The molecule has 1 aromatic rings. The lowest BCUT2D eigenvalue weighted by Gasteiger charge is -2.40. The van der Waals surface area contributed by atoms with Crippen molar-refractivity contribution in [2.24, 2.45) is 0 Å². The van der Waals surface area contributed by atoms with Crippen molar-refractivity contribution in [3.63, 3.8) is 0 Å². The molecule has 13 heteroatoms. The third kappa shape index (κ3) is 4.05. The molecule has 1 unspecified atom stereocenters. The van der Waals surface area contributed by atoms with Crippen LogP contribution in [-0.4, -0.2) is 37.0 Å². The number of hydrogen-bond acceptors (Lipinski definition) is 1. The fraction of sp³-hybridized carbons (Fsp3) is 0.600. The average molecular weight is 544 g/mol. The highest BCUT2D eigenvalue weighted by Gasteiger charge is 2.87. The highest BCUT2D eigenvalue weighted by Crippen LogP contribution is 2.59. The molecule has 0 spiro atoms. The van der Waals surface area contributed by atoms with E-state index >= 15 is 0 Å². The highest BCUT2D eigenvalue weighted by molar-refractivity contribution is 14.1. The molecule has 0 heterocycles. The maximum absolute atomic E-state index is 14.1. The van der Waals surface area contributed by atoms with E-state index in [4.69, 9.17) is 0 Å². The number of methoxy groups -OCH3 is 1. The smallest absolute Gasteiger partial charge is 0.374 e. The molecule has 0 amide bonds. The molecule has 0 saturated heterocycles. The summed E-state index contributed by atoms with van der Waals surface area (Å²) in [4.78, 5) is 0. The van der Waals surface area contributed by atoms with E-state index in [1.54, 1.807) is 22.6 Å². The topological polar surface area (TPSA) is 9.23 Å². The van der Waals surface area contributed by atoms with Crippen molar-refractivity contribution in [2.45, 2.75) is 48.8 Å². The van der Waals surface area contributed by atoms with Gasteiger partial charge < -0.3 is 4.74 Å². The van der Waals surface area contributed by atoms with E-state index < -0.39 is 41.9 Å². The molecule has 0 fully saturated rings. The third-order valence-corrected chi connectivity index (χ3v) is 4.79. The van der Waals surface area contributed by atoms with Gasteiger partial charge in [-0.2, -0.15) is 48.3 Å². The van der Waals surface area contributed by atoms with Gasteiger partial charge in [0.15, 0.2) is 0 Å². The van der Waals surface area contributed by atoms with Gasteiger partial charge in [-0.25, -0.2) is 0 Å². The number of rotatable bonds is 7. The molecule has 28 heavy (non-hydrogen) atoms. The Morgan fingerprint density at radius 1 is 0.750 bits per heavy atom. The molecule has 0 aromatic heterocycles. The van der Waals surface area contributed by atoms with E-state index in [9.17, 15) is 48.3 Å². The van der Waals surface area contributed by atoms with Crippen LogP contribution in [0.4, 0.5) is 48.3 Å². The average Bonchev–Trinajstić information content (AvgIpc) is 2.53. The van der Waals surface area contributed by atoms with Crippen LogP contribution < -0.4 is 0 Å². The number of benzene rings is 1. The molecule has 0 N–H and O–H groups in total. The van der Waals surface area contributed by atoms with Crippen molar-refractivity contribution in [1.29, 1.82) is 0 Å². The standard InChI is InChI=1S/C15H12F11IO/c1-10(28-2,8-3-5-9(27)6-4-8)7-11(16,17)12(18,19)13(20,21)14(22,23)15(24,25)26/h3-6H,7H2,1-2H3. The second-order valence-corrected chi connectivity index (χ2v) is 7.29. The summed E-state index contributed by atoms with van der Waals surface area (Å²) in [5.41, 5.74) is -2.61. The van der Waals surface area contributed by atoms with Crippen molar-refractivity contribution >= 4 is 22.6 Å². The van der Waals surface area contributed by atoms with Gasteiger partial charge >= 0.3 is 29.9 Å². The largest absolute Gasteiger partial charge is 0.460 e. The minimum atomic E-state index is -7.43. The Labute approximate surface area is 165 Å². The van der Waals surface area contributed by atoms with Gasteiger partial charge in [-0.3, -0.25) is 0 Å². The van der Waals surface area contributed by atoms with Crippen LogP contribution in [0.25, 0.3) is 0 Å². The number of halogens is 12. The SMILES string of the molecule is COC(C)(CC(F)(F)C(F)(F)C(F)(F)C(F)(F)C(F)(F)F)c1ccc(I)cc1. The maximum Gasteiger partial charge on any atom is 0.460 e. The summed E-state index contributed by atoms with van der Waals surface area (Å²) in [7, 11) is 0.759. The Morgan fingerprint density at radius 3 is 1.54 bits per heavy atom. The third-order valence-electron chi connectivity index (χ3n) is 4.07. The summed E-state index contributed by atoms with van der Waals surface area (Å²) >= 11 is 1.81. The first-order valence-electron chi connectivity index (χ1n) is 7.16. The molecule has 0 saturated carbocycles. The Hall–Kier alpha value is -0.860. The van der Waals surface area contributed by atoms with Crippen LogP contribution in [0.2, 0.25) is 0 Å². The monoisotopic (exact) mass is 544 g/mol. The molecule has 1 nitrogen and oxygen atoms in total. The molecular formula is C15H12F11IO. The fourth-order valence-electron chi connectivity index (χ4n) is 2.23. The van der Waals surface area contributed by atoms with Gasteiger partial charge in [-0.1, -0.05) is 12.1 Å². The quantitative estimate of drug-likeness (QED) is 0.276. The van der Waals surface area contributed by atoms with Crippen molar-refractivity contribution in [2.75, 3.05) is 7.11 Å². The second-order valence-electron chi connectivity index (χ2n) is 6.04.